The molecule has 0 radical (unpaired) electrons. The highest BCUT2D eigenvalue weighted by atomic mass is 127. The lowest BCUT2D eigenvalue weighted by molar-refractivity contribution is 1.06. The second-order valence-corrected chi connectivity index (χ2v) is 3.22. The zero-order valence-electron chi connectivity index (χ0n) is 5.47. The van der Waals surface area contributed by atoms with E-state index in [-0.39, 0.29) is 0 Å². The summed E-state index contributed by atoms with van der Waals surface area (Å²) in [6, 6.07) is 5.75. The molecule has 0 aliphatic rings. The zero-order valence-corrected chi connectivity index (χ0v) is 7.63. The number of rotatable bonds is 1. The Bertz CT molecular complexity index is 235. The van der Waals surface area contributed by atoms with Crippen molar-refractivity contribution in [3.05, 3.63) is 27.3 Å². The fourth-order valence-corrected chi connectivity index (χ4v) is 1.31. The molecule has 0 unspecified atom stereocenters. The molecule has 0 aliphatic heterocycles. The van der Waals surface area contributed by atoms with Gasteiger partial charge in [-0.15, -0.1) is 0 Å². The van der Waals surface area contributed by atoms with Crippen LogP contribution in [0.2, 0.25) is 0 Å². The molecule has 10 heavy (non-hydrogen) atoms. The third-order valence-electron chi connectivity index (χ3n) is 1.29. The molecule has 0 heterocycles. The van der Waals surface area contributed by atoms with Crippen LogP contribution in [0.25, 0.3) is 0 Å². The van der Waals surface area contributed by atoms with Crippen LogP contribution in [0.3, 0.4) is 0 Å². The Morgan fingerprint density at radius 3 is 2.60 bits per heavy atom. The van der Waals surface area contributed by atoms with Crippen LogP contribution in [0.15, 0.2) is 18.2 Å². The summed E-state index contributed by atoms with van der Waals surface area (Å²) >= 11 is 2.24. The van der Waals surface area contributed by atoms with E-state index in [0.717, 1.165) is 11.3 Å². The van der Waals surface area contributed by atoms with Crippen molar-refractivity contribution in [2.75, 3.05) is 5.73 Å². The Morgan fingerprint density at radius 1 is 1.40 bits per heavy atom. The molecule has 0 aliphatic carbocycles. The fraction of sp³-hybridized carbons (Fsp3) is 0.143. The molecular weight excluding hydrogens is 239 g/mol. The van der Waals surface area contributed by atoms with Gasteiger partial charge in [-0.05, 0) is 46.4 Å². The molecule has 0 fully saturated rings. The largest absolute Gasteiger partial charge is 0.399 e. The summed E-state index contributed by atoms with van der Waals surface area (Å²) in [7, 11) is 0. The molecule has 2 nitrogen and oxygen atoms in total. The van der Waals surface area contributed by atoms with Crippen LogP contribution in [-0.2, 0) is 6.54 Å². The molecule has 3 heteroatoms. The molecule has 0 bridgehead atoms. The van der Waals surface area contributed by atoms with Crippen LogP contribution in [-0.4, -0.2) is 0 Å². The van der Waals surface area contributed by atoms with Gasteiger partial charge in [0.15, 0.2) is 0 Å². The number of hydrogen-bond acceptors (Lipinski definition) is 2. The third kappa shape index (κ3) is 1.60. The van der Waals surface area contributed by atoms with Crippen LogP contribution < -0.4 is 11.5 Å². The number of nitrogen functional groups attached to an aromatic ring is 1. The maximum Gasteiger partial charge on any atom is 0.0317 e. The maximum atomic E-state index is 5.54. The van der Waals surface area contributed by atoms with E-state index in [9.17, 15) is 0 Å². The average molecular weight is 248 g/mol. The molecule has 4 N–H and O–H groups in total. The first kappa shape index (κ1) is 7.81. The van der Waals surface area contributed by atoms with Crippen molar-refractivity contribution in [3.8, 4) is 0 Å². The predicted molar refractivity (Wildman–Crippen MR) is 51.5 cm³/mol. The molecular formula is C7H9IN2. The minimum Gasteiger partial charge on any atom is -0.399 e. The van der Waals surface area contributed by atoms with E-state index >= 15 is 0 Å². The average Bonchev–Trinajstić information content (AvgIpc) is 1.94. The predicted octanol–water partition coefficient (Wildman–Crippen LogP) is 1.33. The molecule has 0 aromatic heterocycles. The van der Waals surface area contributed by atoms with Crippen molar-refractivity contribution in [2.45, 2.75) is 6.54 Å². The van der Waals surface area contributed by atoms with Crippen molar-refractivity contribution in [2.24, 2.45) is 5.73 Å². The van der Waals surface area contributed by atoms with Crippen molar-refractivity contribution >= 4 is 28.3 Å². The monoisotopic (exact) mass is 248 g/mol. The number of halogens is 1. The van der Waals surface area contributed by atoms with E-state index in [2.05, 4.69) is 22.6 Å². The van der Waals surface area contributed by atoms with Gasteiger partial charge in [-0.1, -0.05) is 0 Å². The van der Waals surface area contributed by atoms with Crippen molar-refractivity contribution in [1.29, 1.82) is 0 Å². The highest BCUT2D eigenvalue weighted by Crippen LogP contribution is 2.14. The van der Waals surface area contributed by atoms with Crippen LogP contribution in [0.4, 0.5) is 5.69 Å². The first-order valence-electron chi connectivity index (χ1n) is 2.98. The minimum absolute atomic E-state index is 0.559. The van der Waals surface area contributed by atoms with E-state index in [1.165, 1.54) is 3.57 Å². The second-order valence-electron chi connectivity index (χ2n) is 2.05. The van der Waals surface area contributed by atoms with Crippen molar-refractivity contribution < 1.29 is 0 Å². The summed E-state index contributed by atoms with van der Waals surface area (Å²) < 4.78 is 1.18. The van der Waals surface area contributed by atoms with Crippen molar-refractivity contribution in [1.82, 2.24) is 0 Å². The third-order valence-corrected chi connectivity index (χ3v) is 2.34. The van der Waals surface area contributed by atoms with Gasteiger partial charge in [0.25, 0.3) is 0 Å². The highest BCUT2D eigenvalue weighted by Gasteiger charge is 1.95. The van der Waals surface area contributed by atoms with Gasteiger partial charge < -0.3 is 11.5 Å². The zero-order chi connectivity index (χ0) is 7.56. The second kappa shape index (κ2) is 3.21. The van der Waals surface area contributed by atoms with Gasteiger partial charge in [-0.3, -0.25) is 0 Å². The SMILES string of the molecule is NCc1cc(N)ccc1I. The molecule has 0 amide bonds. The van der Waals surface area contributed by atoms with Gasteiger partial charge >= 0.3 is 0 Å². The number of hydrogen-bond donors (Lipinski definition) is 2. The van der Waals surface area contributed by atoms with Gasteiger partial charge in [0.1, 0.15) is 0 Å². The maximum absolute atomic E-state index is 5.54. The summed E-state index contributed by atoms with van der Waals surface area (Å²) in [5, 5.41) is 0. The van der Waals surface area contributed by atoms with E-state index < -0.39 is 0 Å². The molecule has 0 saturated carbocycles. The first-order valence-corrected chi connectivity index (χ1v) is 4.06. The Morgan fingerprint density at radius 2 is 2.10 bits per heavy atom. The fourth-order valence-electron chi connectivity index (χ4n) is 0.751. The van der Waals surface area contributed by atoms with Gasteiger partial charge in [-0.25, -0.2) is 0 Å². The summed E-state index contributed by atoms with van der Waals surface area (Å²) in [5.41, 5.74) is 12.9. The van der Waals surface area contributed by atoms with E-state index in [1.807, 2.05) is 18.2 Å². The standard InChI is InChI=1S/C7H9IN2/c8-7-2-1-6(10)3-5(7)4-9/h1-3H,4,9-10H2. The topological polar surface area (TPSA) is 52.0 Å². The van der Waals surface area contributed by atoms with Crippen molar-refractivity contribution in [3.63, 3.8) is 0 Å². The van der Waals surface area contributed by atoms with Crippen LogP contribution >= 0.6 is 22.6 Å². The summed E-state index contributed by atoms with van der Waals surface area (Å²) in [6.07, 6.45) is 0. The minimum atomic E-state index is 0.559. The van der Waals surface area contributed by atoms with Gasteiger partial charge in [-0.2, -0.15) is 0 Å². The summed E-state index contributed by atoms with van der Waals surface area (Å²) in [5.74, 6) is 0. The van der Waals surface area contributed by atoms with E-state index in [1.54, 1.807) is 0 Å². The molecule has 1 aromatic rings. The lowest BCUT2D eigenvalue weighted by Crippen LogP contribution is -1.99. The Balaban J connectivity index is 3.09. The van der Waals surface area contributed by atoms with Gasteiger partial charge in [0.05, 0.1) is 0 Å². The smallest absolute Gasteiger partial charge is 0.0317 e. The normalized spacial score (nSPS) is 9.80. The van der Waals surface area contributed by atoms with Gasteiger partial charge in [0.2, 0.25) is 0 Å². The quantitative estimate of drug-likeness (QED) is 0.582. The Labute approximate surface area is 73.7 Å². The molecule has 1 aromatic carbocycles. The molecule has 1 rings (SSSR count). The van der Waals surface area contributed by atoms with Gasteiger partial charge in [0, 0.05) is 15.8 Å². The summed E-state index contributed by atoms with van der Waals surface area (Å²) in [6.45, 7) is 0.559. The van der Waals surface area contributed by atoms with Crippen LogP contribution in [0, 0.1) is 3.57 Å². The molecule has 0 saturated heterocycles. The van der Waals surface area contributed by atoms with Crippen LogP contribution in [0.5, 0.6) is 0 Å². The Kier molecular flexibility index (Phi) is 2.50. The number of anilines is 1. The number of benzene rings is 1. The number of nitrogens with two attached hydrogens (primary N) is 2. The lowest BCUT2D eigenvalue weighted by Gasteiger charge is -2.00. The molecule has 0 spiro atoms. The first-order chi connectivity index (χ1) is 4.74. The van der Waals surface area contributed by atoms with E-state index in [4.69, 9.17) is 11.5 Å². The lowest BCUT2D eigenvalue weighted by atomic mass is 10.2. The Hall–Kier alpha value is -0.290. The van der Waals surface area contributed by atoms with Crippen LogP contribution in [0.1, 0.15) is 5.56 Å². The highest BCUT2D eigenvalue weighted by molar-refractivity contribution is 14.1. The summed E-state index contributed by atoms with van der Waals surface area (Å²) in [4.78, 5) is 0. The molecule has 0 atom stereocenters. The van der Waals surface area contributed by atoms with E-state index in [0.29, 0.717) is 6.54 Å². The molecule has 54 valence electrons.